The van der Waals surface area contributed by atoms with Crippen molar-refractivity contribution in [3.05, 3.63) is 125 Å². The van der Waals surface area contributed by atoms with Crippen LogP contribution in [0.15, 0.2) is 114 Å². The highest BCUT2D eigenvalue weighted by Gasteiger charge is 2.20. The molecule has 0 fully saturated rings. The van der Waals surface area contributed by atoms with E-state index in [1.54, 1.807) is 72.8 Å². The van der Waals surface area contributed by atoms with Crippen LogP contribution in [0.5, 0.6) is 5.75 Å². The molecule has 7 nitrogen and oxygen atoms in total. The van der Waals surface area contributed by atoms with Crippen LogP contribution >= 0.6 is 23.4 Å². The molecule has 0 heterocycles. The Labute approximate surface area is 260 Å². The van der Waals surface area contributed by atoms with Crippen LogP contribution in [0.2, 0.25) is 5.02 Å². The quantitative estimate of drug-likeness (QED) is 0.113. The summed E-state index contributed by atoms with van der Waals surface area (Å²) < 4.78 is 5.63. The van der Waals surface area contributed by atoms with Gasteiger partial charge in [-0.05, 0) is 73.5 Å². The minimum Gasteiger partial charge on any atom is -0.492 e. The van der Waals surface area contributed by atoms with Gasteiger partial charge in [0.1, 0.15) is 11.4 Å². The molecule has 1 unspecified atom stereocenters. The first-order valence-corrected chi connectivity index (χ1v) is 15.1. The largest absolute Gasteiger partial charge is 0.492 e. The minimum absolute atomic E-state index is 0.0267. The standard InChI is InChI=1S/C34H32ClN3O4S/c1-3-31(34(41)37-28-19-10-11-20-30(28)42-4-2)43-26-17-12-16-25(22-26)36-33(40)29(21-24-15-8-9-18-27(24)35)38-32(39)23-13-6-5-7-14-23/h5-22,31H,3-4H2,1-2H3,(H,36,40)(H,37,41)(H,38,39)/b29-21+. The van der Waals surface area contributed by atoms with E-state index >= 15 is 0 Å². The van der Waals surface area contributed by atoms with Gasteiger partial charge in [-0.25, -0.2) is 0 Å². The average molecular weight is 614 g/mol. The van der Waals surface area contributed by atoms with Gasteiger partial charge in [-0.1, -0.05) is 73.1 Å². The first-order chi connectivity index (χ1) is 20.9. The number of nitrogens with one attached hydrogen (secondary N) is 3. The Morgan fingerprint density at radius 2 is 1.58 bits per heavy atom. The number of hydrogen-bond acceptors (Lipinski definition) is 5. The number of anilines is 2. The number of carbonyl (C=O) groups is 3. The number of para-hydroxylation sites is 2. The van der Waals surface area contributed by atoms with Crippen LogP contribution in [0.4, 0.5) is 11.4 Å². The van der Waals surface area contributed by atoms with Crippen molar-refractivity contribution in [2.45, 2.75) is 30.4 Å². The highest BCUT2D eigenvalue weighted by atomic mass is 35.5. The van der Waals surface area contributed by atoms with Gasteiger partial charge in [0.15, 0.2) is 0 Å². The molecule has 0 aliphatic heterocycles. The minimum atomic E-state index is -0.524. The summed E-state index contributed by atoms with van der Waals surface area (Å²) >= 11 is 7.73. The molecule has 220 valence electrons. The highest BCUT2D eigenvalue weighted by Crippen LogP contribution is 2.30. The van der Waals surface area contributed by atoms with Crippen molar-refractivity contribution in [2.24, 2.45) is 0 Å². The molecule has 0 aromatic heterocycles. The number of benzene rings is 4. The first kappa shape index (κ1) is 31.4. The number of hydrogen-bond donors (Lipinski definition) is 3. The van der Waals surface area contributed by atoms with Gasteiger partial charge in [0.2, 0.25) is 5.91 Å². The monoisotopic (exact) mass is 613 g/mol. The lowest BCUT2D eigenvalue weighted by Gasteiger charge is -2.17. The van der Waals surface area contributed by atoms with E-state index in [-0.39, 0.29) is 16.9 Å². The lowest BCUT2D eigenvalue weighted by Crippen LogP contribution is -2.30. The molecule has 1 atom stereocenters. The summed E-state index contributed by atoms with van der Waals surface area (Å²) in [5, 5.41) is 8.61. The third-order valence-corrected chi connectivity index (χ3v) is 7.91. The summed E-state index contributed by atoms with van der Waals surface area (Å²) in [7, 11) is 0. The summed E-state index contributed by atoms with van der Waals surface area (Å²) in [6, 6.07) is 30.2. The maximum atomic E-state index is 13.5. The zero-order chi connectivity index (χ0) is 30.6. The average Bonchev–Trinajstić information content (AvgIpc) is 3.02. The Hall–Kier alpha value is -4.53. The number of carbonyl (C=O) groups excluding carboxylic acids is 3. The fourth-order valence-electron chi connectivity index (χ4n) is 4.09. The molecule has 0 aliphatic carbocycles. The van der Waals surface area contributed by atoms with Crippen molar-refractivity contribution in [3.8, 4) is 5.75 Å². The van der Waals surface area contributed by atoms with E-state index in [1.807, 2.05) is 44.2 Å². The number of amides is 3. The predicted octanol–water partition coefficient (Wildman–Crippen LogP) is 7.66. The van der Waals surface area contributed by atoms with Crippen LogP contribution in [0.3, 0.4) is 0 Å². The van der Waals surface area contributed by atoms with E-state index in [1.165, 1.54) is 17.8 Å². The lowest BCUT2D eigenvalue weighted by atomic mass is 10.1. The van der Waals surface area contributed by atoms with Crippen LogP contribution in [-0.4, -0.2) is 29.6 Å². The van der Waals surface area contributed by atoms with E-state index in [0.29, 0.717) is 46.3 Å². The van der Waals surface area contributed by atoms with Gasteiger partial charge in [-0.15, -0.1) is 11.8 Å². The molecular formula is C34H32ClN3O4S. The lowest BCUT2D eigenvalue weighted by molar-refractivity contribution is -0.116. The maximum Gasteiger partial charge on any atom is 0.272 e. The summed E-state index contributed by atoms with van der Waals surface area (Å²) in [6.45, 7) is 4.32. The molecule has 4 aromatic carbocycles. The number of ether oxygens (including phenoxy) is 1. The molecule has 43 heavy (non-hydrogen) atoms. The van der Waals surface area contributed by atoms with Gasteiger partial charge < -0.3 is 20.7 Å². The van der Waals surface area contributed by atoms with E-state index in [4.69, 9.17) is 16.3 Å². The number of halogens is 1. The van der Waals surface area contributed by atoms with Crippen molar-refractivity contribution in [3.63, 3.8) is 0 Å². The summed E-state index contributed by atoms with van der Waals surface area (Å²) in [6.07, 6.45) is 2.12. The second-order valence-electron chi connectivity index (χ2n) is 9.31. The van der Waals surface area contributed by atoms with Gasteiger partial charge >= 0.3 is 0 Å². The molecule has 9 heteroatoms. The van der Waals surface area contributed by atoms with Crippen molar-refractivity contribution >= 4 is 58.5 Å². The fourth-order valence-corrected chi connectivity index (χ4v) is 5.29. The molecule has 4 rings (SSSR count). The van der Waals surface area contributed by atoms with Gasteiger partial charge in [-0.2, -0.15) is 0 Å². The van der Waals surface area contributed by atoms with E-state index < -0.39 is 11.8 Å². The second-order valence-corrected chi connectivity index (χ2v) is 11.0. The van der Waals surface area contributed by atoms with Gasteiger partial charge in [0.25, 0.3) is 11.8 Å². The van der Waals surface area contributed by atoms with Crippen LogP contribution < -0.4 is 20.7 Å². The molecule has 0 saturated carbocycles. The van der Waals surface area contributed by atoms with E-state index in [0.717, 1.165) is 4.90 Å². The molecule has 0 spiro atoms. The number of thioether (sulfide) groups is 1. The molecule has 0 bridgehead atoms. The van der Waals surface area contributed by atoms with E-state index in [9.17, 15) is 14.4 Å². The third kappa shape index (κ3) is 8.98. The van der Waals surface area contributed by atoms with Crippen LogP contribution in [0.1, 0.15) is 36.2 Å². The number of rotatable bonds is 12. The Balaban J connectivity index is 1.50. The Morgan fingerprint density at radius 1 is 0.860 bits per heavy atom. The zero-order valence-electron chi connectivity index (χ0n) is 23.8. The molecule has 3 N–H and O–H groups in total. The molecular weight excluding hydrogens is 582 g/mol. The zero-order valence-corrected chi connectivity index (χ0v) is 25.4. The molecule has 0 aliphatic rings. The molecule has 0 saturated heterocycles. The van der Waals surface area contributed by atoms with Crippen molar-refractivity contribution in [1.82, 2.24) is 5.32 Å². The van der Waals surface area contributed by atoms with Crippen molar-refractivity contribution in [2.75, 3.05) is 17.2 Å². The van der Waals surface area contributed by atoms with Crippen LogP contribution in [0, 0.1) is 0 Å². The normalized spacial score (nSPS) is 11.7. The highest BCUT2D eigenvalue weighted by molar-refractivity contribution is 8.00. The molecule has 4 aromatic rings. The third-order valence-electron chi connectivity index (χ3n) is 6.21. The SMILES string of the molecule is CCOc1ccccc1NC(=O)C(CC)Sc1cccc(NC(=O)/C(=C\c2ccccc2Cl)NC(=O)c2ccccc2)c1. The topological polar surface area (TPSA) is 96.5 Å². The summed E-state index contributed by atoms with van der Waals surface area (Å²) in [4.78, 5) is 40.4. The predicted molar refractivity (Wildman–Crippen MR) is 175 cm³/mol. The Morgan fingerprint density at radius 3 is 2.33 bits per heavy atom. The summed E-state index contributed by atoms with van der Waals surface area (Å²) in [5.41, 5.74) is 2.13. The van der Waals surface area contributed by atoms with Gasteiger partial charge in [-0.3, -0.25) is 14.4 Å². The van der Waals surface area contributed by atoms with Gasteiger partial charge in [0.05, 0.1) is 17.5 Å². The Bertz CT molecular complexity index is 1610. The maximum absolute atomic E-state index is 13.5. The van der Waals surface area contributed by atoms with Crippen molar-refractivity contribution in [1.29, 1.82) is 0 Å². The Kier molecular flexibility index (Phi) is 11.4. The molecule has 3 amide bonds. The first-order valence-electron chi connectivity index (χ1n) is 13.8. The second kappa shape index (κ2) is 15.6. The van der Waals surface area contributed by atoms with Crippen LogP contribution in [-0.2, 0) is 9.59 Å². The van der Waals surface area contributed by atoms with Crippen LogP contribution in [0.25, 0.3) is 6.08 Å². The summed E-state index contributed by atoms with van der Waals surface area (Å²) in [5.74, 6) is -0.490. The fraction of sp³-hybridized carbons (Fsp3) is 0.147. The van der Waals surface area contributed by atoms with Crippen molar-refractivity contribution < 1.29 is 19.1 Å². The smallest absolute Gasteiger partial charge is 0.272 e. The molecule has 0 radical (unpaired) electrons. The van der Waals surface area contributed by atoms with E-state index in [2.05, 4.69) is 16.0 Å². The van der Waals surface area contributed by atoms with Gasteiger partial charge in [0, 0.05) is 21.2 Å².